The Hall–Kier alpha value is -2.93. The Labute approximate surface area is 158 Å². The molecule has 3 N–H and O–H groups in total. The van der Waals surface area contributed by atoms with Crippen molar-refractivity contribution in [2.45, 2.75) is 13.8 Å². The van der Waals surface area contributed by atoms with Crippen LogP contribution in [0.25, 0.3) is 0 Å². The first kappa shape index (κ1) is 20.4. The second kappa shape index (κ2) is 10.3. The third-order valence-electron chi connectivity index (χ3n) is 4.12. The van der Waals surface area contributed by atoms with Crippen LogP contribution in [0.1, 0.15) is 24.2 Å². The van der Waals surface area contributed by atoms with E-state index in [9.17, 15) is 14.0 Å². The largest absolute Gasteiger partial charge is 0.351 e. The summed E-state index contributed by atoms with van der Waals surface area (Å²) in [5, 5.41) is 8.15. The summed E-state index contributed by atoms with van der Waals surface area (Å²) in [5.74, 6) is -0.517. The Morgan fingerprint density at radius 3 is 1.93 bits per heavy atom. The molecule has 144 valence electrons. The highest BCUT2D eigenvalue weighted by Crippen LogP contribution is 2.12. The summed E-state index contributed by atoms with van der Waals surface area (Å²) in [6.07, 6.45) is 0. The van der Waals surface area contributed by atoms with Gasteiger partial charge in [-0.05, 0) is 61.6 Å². The van der Waals surface area contributed by atoms with E-state index in [1.54, 1.807) is 24.3 Å². The van der Waals surface area contributed by atoms with Gasteiger partial charge in [0.05, 0.1) is 0 Å². The summed E-state index contributed by atoms with van der Waals surface area (Å²) >= 11 is 0. The molecule has 0 saturated heterocycles. The summed E-state index contributed by atoms with van der Waals surface area (Å²) < 4.78 is 12.9. The molecule has 7 heteroatoms. The highest BCUT2D eigenvalue weighted by molar-refractivity contribution is 6.00. The molecule has 0 aliphatic rings. The predicted molar refractivity (Wildman–Crippen MR) is 106 cm³/mol. The van der Waals surface area contributed by atoms with Gasteiger partial charge in [0, 0.05) is 30.0 Å². The molecule has 0 unspecified atom stereocenters. The van der Waals surface area contributed by atoms with Crippen LogP contribution >= 0.6 is 0 Å². The molecular formula is C20H25FN4O2. The van der Waals surface area contributed by atoms with Gasteiger partial charge in [-0.2, -0.15) is 0 Å². The van der Waals surface area contributed by atoms with E-state index in [1.807, 2.05) is 0 Å². The zero-order chi connectivity index (χ0) is 19.6. The third-order valence-corrected chi connectivity index (χ3v) is 4.12. The number of amides is 3. The number of hydrogen-bond acceptors (Lipinski definition) is 3. The molecule has 0 atom stereocenters. The molecular weight excluding hydrogens is 347 g/mol. The van der Waals surface area contributed by atoms with Crippen LogP contribution in [0.4, 0.5) is 20.6 Å². The van der Waals surface area contributed by atoms with Crippen LogP contribution in [0.2, 0.25) is 0 Å². The van der Waals surface area contributed by atoms with Gasteiger partial charge in [-0.25, -0.2) is 9.18 Å². The first-order valence-electron chi connectivity index (χ1n) is 8.96. The second-order valence-electron chi connectivity index (χ2n) is 5.95. The van der Waals surface area contributed by atoms with Crippen LogP contribution < -0.4 is 16.0 Å². The average molecular weight is 372 g/mol. The Morgan fingerprint density at radius 2 is 1.41 bits per heavy atom. The maximum absolute atomic E-state index is 12.9. The fourth-order valence-corrected chi connectivity index (χ4v) is 2.50. The lowest BCUT2D eigenvalue weighted by molar-refractivity contribution is 0.0949. The van der Waals surface area contributed by atoms with Crippen molar-refractivity contribution in [3.05, 3.63) is 59.9 Å². The van der Waals surface area contributed by atoms with Crippen LogP contribution in [-0.4, -0.2) is 43.0 Å². The number of urea groups is 1. The first-order valence-corrected chi connectivity index (χ1v) is 8.96. The standard InChI is InChI=1S/C20H25FN4O2/c1-3-25(4-2)14-13-22-19(26)15-5-9-17(10-6-15)23-20(27)24-18-11-7-16(21)8-12-18/h5-12H,3-4,13-14H2,1-2H3,(H,22,26)(H2,23,24,27). The summed E-state index contributed by atoms with van der Waals surface area (Å²) in [7, 11) is 0. The van der Waals surface area contributed by atoms with Crippen molar-refractivity contribution in [3.63, 3.8) is 0 Å². The lowest BCUT2D eigenvalue weighted by Gasteiger charge is -2.18. The van der Waals surface area contributed by atoms with Crippen molar-refractivity contribution in [1.29, 1.82) is 0 Å². The first-order chi connectivity index (χ1) is 13.0. The van der Waals surface area contributed by atoms with Crippen LogP contribution in [0, 0.1) is 5.82 Å². The fraction of sp³-hybridized carbons (Fsp3) is 0.300. The number of rotatable bonds is 8. The molecule has 0 bridgehead atoms. The minimum Gasteiger partial charge on any atom is -0.351 e. The smallest absolute Gasteiger partial charge is 0.323 e. The minimum absolute atomic E-state index is 0.149. The topological polar surface area (TPSA) is 73.5 Å². The molecule has 6 nitrogen and oxygen atoms in total. The van der Waals surface area contributed by atoms with E-state index < -0.39 is 6.03 Å². The van der Waals surface area contributed by atoms with Crippen LogP contribution in [0.3, 0.4) is 0 Å². The van der Waals surface area contributed by atoms with Gasteiger partial charge >= 0.3 is 6.03 Å². The van der Waals surface area contributed by atoms with Gasteiger partial charge < -0.3 is 20.9 Å². The summed E-state index contributed by atoms with van der Waals surface area (Å²) in [6, 6.07) is 11.7. The Bertz CT molecular complexity index is 744. The number of anilines is 2. The molecule has 0 saturated carbocycles. The van der Waals surface area contributed by atoms with Crippen LogP contribution in [0.15, 0.2) is 48.5 Å². The van der Waals surface area contributed by atoms with E-state index in [-0.39, 0.29) is 11.7 Å². The number of likely N-dealkylation sites (N-methyl/N-ethyl adjacent to an activating group) is 1. The molecule has 3 amide bonds. The van der Waals surface area contributed by atoms with Crippen molar-refractivity contribution in [1.82, 2.24) is 10.2 Å². The van der Waals surface area contributed by atoms with Gasteiger partial charge in [-0.3, -0.25) is 4.79 Å². The van der Waals surface area contributed by atoms with Crippen LogP contribution in [0.5, 0.6) is 0 Å². The Balaban J connectivity index is 1.82. The molecule has 0 aromatic heterocycles. The zero-order valence-electron chi connectivity index (χ0n) is 15.6. The maximum atomic E-state index is 12.9. The van der Waals surface area contributed by atoms with Crippen molar-refractivity contribution in [2.24, 2.45) is 0 Å². The molecule has 27 heavy (non-hydrogen) atoms. The molecule has 0 aliphatic carbocycles. The number of halogens is 1. The number of carbonyl (C=O) groups excluding carboxylic acids is 2. The van der Waals surface area contributed by atoms with Gasteiger partial charge in [0.25, 0.3) is 5.91 Å². The summed E-state index contributed by atoms with van der Waals surface area (Å²) in [5.41, 5.74) is 1.56. The van der Waals surface area contributed by atoms with Gasteiger partial charge in [0.2, 0.25) is 0 Å². The highest BCUT2D eigenvalue weighted by atomic mass is 19.1. The van der Waals surface area contributed by atoms with Crippen molar-refractivity contribution in [3.8, 4) is 0 Å². The SMILES string of the molecule is CCN(CC)CCNC(=O)c1ccc(NC(=O)Nc2ccc(F)cc2)cc1. The number of nitrogens with one attached hydrogen (secondary N) is 3. The van der Waals surface area contributed by atoms with E-state index in [4.69, 9.17) is 0 Å². The van der Waals surface area contributed by atoms with Gasteiger partial charge in [0.15, 0.2) is 0 Å². The number of benzene rings is 2. The number of carbonyl (C=O) groups is 2. The van der Waals surface area contributed by atoms with Crippen LogP contribution in [-0.2, 0) is 0 Å². The lowest BCUT2D eigenvalue weighted by atomic mass is 10.2. The average Bonchev–Trinajstić information content (AvgIpc) is 2.67. The maximum Gasteiger partial charge on any atom is 0.323 e. The summed E-state index contributed by atoms with van der Waals surface area (Å²) in [4.78, 5) is 26.3. The summed E-state index contributed by atoms with van der Waals surface area (Å²) in [6.45, 7) is 7.47. The molecule has 2 aromatic carbocycles. The van der Waals surface area contributed by atoms with E-state index in [1.165, 1.54) is 24.3 Å². The van der Waals surface area contributed by atoms with E-state index in [0.29, 0.717) is 23.5 Å². The normalized spacial score (nSPS) is 10.5. The molecule has 2 rings (SSSR count). The van der Waals surface area contributed by atoms with Crippen molar-refractivity contribution in [2.75, 3.05) is 36.8 Å². The van der Waals surface area contributed by atoms with Gasteiger partial charge in [0.1, 0.15) is 5.82 Å². The molecule has 0 heterocycles. The quantitative estimate of drug-likeness (QED) is 0.664. The van der Waals surface area contributed by atoms with Gasteiger partial charge in [-0.15, -0.1) is 0 Å². The monoisotopic (exact) mass is 372 g/mol. The lowest BCUT2D eigenvalue weighted by Crippen LogP contribution is -2.34. The molecule has 0 fully saturated rings. The third kappa shape index (κ3) is 6.71. The van der Waals surface area contributed by atoms with E-state index >= 15 is 0 Å². The van der Waals surface area contributed by atoms with Crippen molar-refractivity contribution >= 4 is 23.3 Å². The number of nitrogens with zero attached hydrogens (tertiary/aromatic N) is 1. The molecule has 0 radical (unpaired) electrons. The molecule has 0 spiro atoms. The number of hydrogen-bond donors (Lipinski definition) is 3. The van der Waals surface area contributed by atoms with Gasteiger partial charge in [-0.1, -0.05) is 13.8 Å². The highest BCUT2D eigenvalue weighted by Gasteiger charge is 2.07. The van der Waals surface area contributed by atoms with E-state index in [0.717, 1.165) is 19.6 Å². The predicted octanol–water partition coefficient (Wildman–Crippen LogP) is 3.54. The second-order valence-corrected chi connectivity index (χ2v) is 5.95. The Kier molecular flexibility index (Phi) is 7.76. The Morgan fingerprint density at radius 1 is 0.889 bits per heavy atom. The molecule has 2 aromatic rings. The fourth-order valence-electron chi connectivity index (χ4n) is 2.50. The molecule has 0 aliphatic heterocycles. The van der Waals surface area contributed by atoms with Crippen molar-refractivity contribution < 1.29 is 14.0 Å². The zero-order valence-corrected chi connectivity index (χ0v) is 15.6. The van der Waals surface area contributed by atoms with E-state index in [2.05, 4.69) is 34.7 Å². The minimum atomic E-state index is -0.446.